The summed E-state index contributed by atoms with van der Waals surface area (Å²) in [5, 5.41) is 12.5. The van der Waals surface area contributed by atoms with Crippen LogP contribution in [0.1, 0.15) is 39.2 Å². The van der Waals surface area contributed by atoms with Crippen molar-refractivity contribution < 1.29 is 14.7 Å². The maximum Gasteiger partial charge on any atom is 0.336 e. The summed E-state index contributed by atoms with van der Waals surface area (Å²) in [6.07, 6.45) is 0. The van der Waals surface area contributed by atoms with Crippen molar-refractivity contribution in [1.82, 2.24) is 5.32 Å². The van der Waals surface area contributed by atoms with Crippen LogP contribution in [-0.2, 0) is 0 Å². The normalized spacial score (nSPS) is 11.7. The van der Waals surface area contributed by atoms with Crippen LogP contribution in [0.5, 0.6) is 0 Å². The lowest BCUT2D eigenvalue weighted by molar-refractivity contribution is 0.0690. The van der Waals surface area contributed by atoms with Gasteiger partial charge in [-0.3, -0.25) is 4.79 Å². The number of carbonyl (C=O) groups excluding carboxylic acids is 1. The van der Waals surface area contributed by atoms with Gasteiger partial charge in [0.25, 0.3) is 5.91 Å². The lowest BCUT2D eigenvalue weighted by atomic mass is 10.0. The summed E-state index contributed by atoms with van der Waals surface area (Å²) < 4.78 is 0. The third kappa shape index (κ3) is 3.61. The van der Waals surface area contributed by atoms with E-state index in [9.17, 15) is 9.59 Å². The summed E-state index contributed by atoms with van der Waals surface area (Å²) in [4.78, 5) is 23.4. The molecule has 21 heavy (non-hydrogen) atoms. The van der Waals surface area contributed by atoms with Gasteiger partial charge in [0.2, 0.25) is 0 Å². The topological polar surface area (TPSA) is 66.4 Å². The molecule has 0 radical (unpaired) electrons. The minimum Gasteiger partial charge on any atom is -0.478 e. The molecule has 0 unspecified atom stereocenters. The first kappa shape index (κ1) is 15.1. The van der Waals surface area contributed by atoms with Gasteiger partial charge in [-0.25, -0.2) is 4.79 Å². The number of carboxylic acid groups (broad SMARTS) is 1. The smallest absolute Gasteiger partial charge is 0.336 e. The first-order chi connectivity index (χ1) is 9.99. The molecule has 1 atom stereocenters. The monoisotopic (exact) mass is 303 g/mol. The Hall–Kier alpha value is -2.33. The molecule has 0 aliphatic heterocycles. The van der Waals surface area contributed by atoms with Gasteiger partial charge in [0, 0.05) is 5.02 Å². The van der Waals surface area contributed by atoms with E-state index < -0.39 is 11.9 Å². The molecule has 0 heterocycles. The number of carbonyl (C=O) groups is 2. The highest BCUT2D eigenvalue weighted by Gasteiger charge is 2.17. The van der Waals surface area contributed by atoms with Crippen LogP contribution in [0.15, 0.2) is 48.5 Å². The van der Waals surface area contributed by atoms with Gasteiger partial charge >= 0.3 is 5.97 Å². The van der Waals surface area contributed by atoms with Crippen molar-refractivity contribution in [1.29, 1.82) is 0 Å². The van der Waals surface area contributed by atoms with Crippen LogP contribution in [-0.4, -0.2) is 17.0 Å². The molecule has 0 saturated heterocycles. The van der Waals surface area contributed by atoms with E-state index in [1.165, 1.54) is 12.1 Å². The van der Waals surface area contributed by atoms with Crippen LogP contribution in [0.3, 0.4) is 0 Å². The van der Waals surface area contributed by atoms with Crippen molar-refractivity contribution in [2.45, 2.75) is 13.0 Å². The van der Waals surface area contributed by atoms with Gasteiger partial charge in [-0.2, -0.15) is 0 Å². The fourth-order valence-electron chi connectivity index (χ4n) is 2.00. The molecule has 0 saturated carbocycles. The molecule has 2 N–H and O–H groups in total. The van der Waals surface area contributed by atoms with Gasteiger partial charge in [0.05, 0.1) is 17.2 Å². The minimum atomic E-state index is -1.13. The summed E-state index contributed by atoms with van der Waals surface area (Å²) in [5.74, 6) is -1.56. The van der Waals surface area contributed by atoms with E-state index in [-0.39, 0.29) is 17.2 Å². The van der Waals surface area contributed by atoms with Gasteiger partial charge in [-0.1, -0.05) is 35.9 Å². The predicted molar refractivity (Wildman–Crippen MR) is 80.7 cm³/mol. The zero-order chi connectivity index (χ0) is 15.4. The van der Waals surface area contributed by atoms with Crippen LogP contribution < -0.4 is 5.32 Å². The van der Waals surface area contributed by atoms with Crippen molar-refractivity contribution in [2.24, 2.45) is 0 Å². The highest BCUT2D eigenvalue weighted by atomic mass is 35.5. The third-order valence-corrected chi connectivity index (χ3v) is 3.33. The summed E-state index contributed by atoms with van der Waals surface area (Å²) in [7, 11) is 0. The molecular weight excluding hydrogens is 290 g/mol. The average Bonchev–Trinajstić information content (AvgIpc) is 2.47. The van der Waals surface area contributed by atoms with Crippen molar-refractivity contribution in [3.05, 3.63) is 70.2 Å². The Morgan fingerprint density at radius 3 is 2.38 bits per heavy atom. The Labute approximate surface area is 127 Å². The van der Waals surface area contributed by atoms with Gasteiger partial charge in [0.1, 0.15) is 0 Å². The molecule has 0 aliphatic rings. The second-order valence-corrected chi connectivity index (χ2v) is 5.04. The SMILES string of the molecule is C[C@@H](NC(=O)c1ccccc1C(=O)O)c1cccc(Cl)c1. The Balaban J connectivity index is 2.20. The van der Waals surface area contributed by atoms with E-state index >= 15 is 0 Å². The van der Waals surface area contributed by atoms with Crippen LogP contribution in [0.25, 0.3) is 0 Å². The van der Waals surface area contributed by atoms with Gasteiger partial charge in [0.15, 0.2) is 0 Å². The van der Waals surface area contributed by atoms with E-state index in [1.54, 1.807) is 30.3 Å². The van der Waals surface area contributed by atoms with Crippen LogP contribution >= 0.6 is 11.6 Å². The highest BCUT2D eigenvalue weighted by molar-refractivity contribution is 6.30. The second kappa shape index (κ2) is 6.41. The lowest BCUT2D eigenvalue weighted by Crippen LogP contribution is -2.28. The minimum absolute atomic E-state index is 0.0201. The van der Waals surface area contributed by atoms with Crippen molar-refractivity contribution >= 4 is 23.5 Å². The van der Waals surface area contributed by atoms with Crippen molar-refractivity contribution in [2.75, 3.05) is 0 Å². The summed E-state index contributed by atoms with van der Waals surface area (Å²) in [6, 6.07) is 13.0. The summed E-state index contributed by atoms with van der Waals surface area (Å²) >= 11 is 5.92. The van der Waals surface area contributed by atoms with E-state index in [4.69, 9.17) is 16.7 Å². The van der Waals surface area contributed by atoms with E-state index in [1.807, 2.05) is 13.0 Å². The number of carboxylic acids is 1. The highest BCUT2D eigenvalue weighted by Crippen LogP contribution is 2.18. The molecule has 0 spiro atoms. The van der Waals surface area contributed by atoms with Gasteiger partial charge < -0.3 is 10.4 Å². The number of aromatic carboxylic acids is 1. The average molecular weight is 304 g/mol. The maximum atomic E-state index is 12.2. The number of benzene rings is 2. The molecule has 0 fully saturated rings. The fraction of sp³-hybridized carbons (Fsp3) is 0.125. The quantitative estimate of drug-likeness (QED) is 0.908. The first-order valence-corrected chi connectivity index (χ1v) is 6.75. The van der Waals surface area contributed by atoms with Crippen molar-refractivity contribution in [3.8, 4) is 0 Å². The fourth-order valence-corrected chi connectivity index (χ4v) is 2.20. The van der Waals surface area contributed by atoms with E-state index in [0.717, 1.165) is 5.56 Å². The molecule has 4 nitrogen and oxygen atoms in total. The summed E-state index contributed by atoms with van der Waals surface area (Å²) in [6.45, 7) is 1.81. The Morgan fingerprint density at radius 1 is 1.10 bits per heavy atom. The van der Waals surface area contributed by atoms with E-state index in [2.05, 4.69) is 5.32 Å². The lowest BCUT2D eigenvalue weighted by Gasteiger charge is -2.15. The Kier molecular flexibility index (Phi) is 4.60. The molecule has 2 aromatic rings. The maximum absolute atomic E-state index is 12.2. The Bertz CT molecular complexity index is 685. The number of amides is 1. The molecule has 0 aliphatic carbocycles. The Morgan fingerprint density at radius 2 is 1.76 bits per heavy atom. The molecular formula is C16H14ClNO3. The molecule has 0 aromatic heterocycles. The van der Waals surface area contributed by atoms with Crippen LogP contribution in [0, 0.1) is 0 Å². The standard InChI is InChI=1S/C16H14ClNO3/c1-10(11-5-4-6-12(17)9-11)18-15(19)13-7-2-3-8-14(13)16(20)21/h2-10H,1H3,(H,18,19)(H,20,21)/t10-/m1/s1. The van der Waals surface area contributed by atoms with Gasteiger partial charge in [-0.15, -0.1) is 0 Å². The molecule has 2 aromatic carbocycles. The summed E-state index contributed by atoms with van der Waals surface area (Å²) in [5.41, 5.74) is 0.968. The van der Waals surface area contributed by atoms with Crippen LogP contribution in [0.4, 0.5) is 0 Å². The number of nitrogens with one attached hydrogen (secondary N) is 1. The predicted octanol–water partition coefficient (Wildman–Crippen LogP) is 3.53. The van der Waals surface area contributed by atoms with Crippen molar-refractivity contribution in [3.63, 3.8) is 0 Å². The molecule has 2 rings (SSSR count). The van der Waals surface area contributed by atoms with Gasteiger partial charge in [-0.05, 0) is 36.8 Å². The molecule has 0 bridgehead atoms. The number of hydrogen-bond acceptors (Lipinski definition) is 2. The third-order valence-electron chi connectivity index (χ3n) is 3.10. The molecule has 5 heteroatoms. The molecule has 108 valence electrons. The zero-order valence-corrected chi connectivity index (χ0v) is 12.1. The number of hydrogen-bond donors (Lipinski definition) is 2. The first-order valence-electron chi connectivity index (χ1n) is 6.37. The van der Waals surface area contributed by atoms with Crippen LogP contribution in [0.2, 0.25) is 5.02 Å². The largest absolute Gasteiger partial charge is 0.478 e. The zero-order valence-electron chi connectivity index (χ0n) is 11.3. The molecule has 1 amide bonds. The second-order valence-electron chi connectivity index (χ2n) is 4.60. The van der Waals surface area contributed by atoms with E-state index in [0.29, 0.717) is 5.02 Å². The number of rotatable bonds is 4. The number of halogens is 1.